The minimum Gasteiger partial charge on any atom is -0.495 e. The first-order valence-corrected chi connectivity index (χ1v) is 13.3. The SMILES string of the molecule is CCN(CC)S(=O)(=O)c1ccc2c(c1)nc(SCC(=O)C(C)(C)C)n2-c1ccccc1OC. The van der Waals surface area contributed by atoms with Crippen molar-refractivity contribution >= 4 is 38.6 Å². The van der Waals surface area contributed by atoms with E-state index in [0.29, 0.717) is 29.5 Å². The monoisotopic (exact) mass is 489 g/mol. The van der Waals surface area contributed by atoms with E-state index < -0.39 is 15.4 Å². The number of Topliss-reactive ketones (excluding diaryl/α,β-unsaturated/α-hetero) is 1. The second kappa shape index (κ2) is 9.87. The first-order chi connectivity index (χ1) is 15.5. The number of sulfonamides is 1. The van der Waals surface area contributed by atoms with Gasteiger partial charge in [-0.05, 0) is 30.3 Å². The highest BCUT2D eigenvalue weighted by atomic mass is 32.2. The number of methoxy groups -OCH3 is 1. The fourth-order valence-electron chi connectivity index (χ4n) is 3.40. The predicted molar refractivity (Wildman–Crippen MR) is 133 cm³/mol. The first kappa shape index (κ1) is 25.3. The van der Waals surface area contributed by atoms with Crippen LogP contribution in [0.2, 0.25) is 0 Å². The predicted octanol–water partition coefficient (Wildman–Crippen LogP) is 4.77. The second-order valence-corrected chi connectivity index (χ2v) is 11.5. The molecule has 0 amide bonds. The standard InChI is InChI=1S/C24H31N3O4S2/c1-7-26(8-2)33(29,30)17-13-14-19-18(15-17)25-23(32-16-22(28)24(3,4)5)27(19)20-11-9-10-12-21(20)31-6/h9-15H,7-8,16H2,1-6H3. The number of rotatable bonds is 9. The highest BCUT2D eigenvalue weighted by Crippen LogP contribution is 2.34. The van der Waals surface area contributed by atoms with E-state index in [4.69, 9.17) is 9.72 Å². The lowest BCUT2D eigenvalue weighted by atomic mass is 9.92. The zero-order chi connectivity index (χ0) is 24.4. The van der Waals surface area contributed by atoms with Gasteiger partial charge in [0.05, 0.1) is 34.5 Å². The summed E-state index contributed by atoms with van der Waals surface area (Å²) in [6, 6.07) is 12.5. The Morgan fingerprint density at radius 2 is 1.79 bits per heavy atom. The van der Waals surface area contributed by atoms with E-state index >= 15 is 0 Å². The van der Waals surface area contributed by atoms with Gasteiger partial charge >= 0.3 is 0 Å². The molecule has 0 atom stereocenters. The van der Waals surface area contributed by atoms with Crippen molar-refractivity contribution < 1.29 is 17.9 Å². The van der Waals surface area contributed by atoms with Gasteiger partial charge in [0.15, 0.2) is 5.16 Å². The normalized spacial score (nSPS) is 12.5. The van der Waals surface area contributed by atoms with Crippen LogP contribution in [0.5, 0.6) is 5.75 Å². The van der Waals surface area contributed by atoms with Gasteiger partial charge in [-0.25, -0.2) is 13.4 Å². The Balaban J connectivity index is 2.18. The Morgan fingerprint density at radius 3 is 2.39 bits per heavy atom. The maximum atomic E-state index is 13.0. The van der Waals surface area contributed by atoms with E-state index in [9.17, 15) is 13.2 Å². The number of para-hydroxylation sites is 2. The number of benzene rings is 2. The lowest BCUT2D eigenvalue weighted by Gasteiger charge is -2.18. The lowest BCUT2D eigenvalue weighted by Crippen LogP contribution is -2.30. The molecule has 0 fully saturated rings. The molecule has 1 heterocycles. The van der Waals surface area contributed by atoms with Crippen molar-refractivity contribution in [2.45, 2.75) is 44.7 Å². The van der Waals surface area contributed by atoms with Gasteiger partial charge in [-0.15, -0.1) is 0 Å². The molecule has 0 aliphatic carbocycles. The molecule has 0 unspecified atom stereocenters. The average Bonchev–Trinajstić information content (AvgIpc) is 3.14. The number of carbonyl (C=O) groups excluding carboxylic acids is 1. The highest BCUT2D eigenvalue weighted by molar-refractivity contribution is 7.99. The molecule has 2 aromatic carbocycles. The van der Waals surface area contributed by atoms with Crippen LogP contribution in [0.4, 0.5) is 0 Å². The molecule has 1 aromatic heterocycles. The van der Waals surface area contributed by atoms with Gasteiger partial charge in [-0.3, -0.25) is 9.36 Å². The van der Waals surface area contributed by atoms with Crippen molar-refractivity contribution in [3.05, 3.63) is 42.5 Å². The molecule has 7 nitrogen and oxygen atoms in total. The molecular weight excluding hydrogens is 458 g/mol. The molecule has 0 saturated carbocycles. The average molecular weight is 490 g/mol. The van der Waals surface area contributed by atoms with Gasteiger partial charge in [0.25, 0.3) is 0 Å². The van der Waals surface area contributed by atoms with Gasteiger partial charge in [-0.1, -0.05) is 58.5 Å². The summed E-state index contributed by atoms with van der Waals surface area (Å²) in [4.78, 5) is 17.5. The van der Waals surface area contributed by atoms with Crippen LogP contribution in [0.1, 0.15) is 34.6 Å². The van der Waals surface area contributed by atoms with Crippen LogP contribution in [0, 0.1) is 5.41 Å². The topological polar surface area (TPSA) is 81.5 Å². The molecule has 0 spiro atoms. The zero-order valence-corrected chi connectivity index (χ0v) is 21.6. The smallest absolute Gasteiger partial charge is 0.243 e. The molecule has 9 heteroatoms. The molecule has 0 N–H and O–H groups in total. The lowest BCUT2D eigenvalue weighted by molar-refractivity contribution is -0.123. The molecule has 3 aromatic rings. The van der Waals surface area contributed by atoms with Gasteiger partial charge in [0.2, 0.25) is 10.0 Å². The molecular formula is C24H31N3O4S2. The van der Waals surface area contributed by atoms with Crippen LogP contribution < -0.4 is 4.74 Å². The van der Waals surface area contributed by atoms with E-state index in [1.54, 1.807) is 25.3 Å². The van der Waals surface area contributed by atoms with Gasteiger partial charge in [0, 0.05) is 18.5 Å². The largest absolute Gasteiger partial charge is 0.495 e. The third-order valence-electron chi connectivity index (χ3n) is 5.43. The Morgan fingerprint density at radius 1 is 1.12 bits per heavy atom. The molecule has 0 aliphatic heterocycles. The van der Waals surface area contributed by atoms with Crippen LogP contribution in [-0.4, -0.2) is 54.0 Å². The van der Waals surface area contributed by atoms with Crippen molar-refractivity contribution in [3.8, 4) is 11.4 Å². The number of imidazole rings is 1. The Bertz CT molecular complexity index is 1260. The van der Waals surface area contributed by atoms with E-state index in [-0.39, 0.29) is 16.4 Å². The summed E-state index contributed by atoms with van der Waals surface area (Å²) in [7, 11) is -2.02. The van der Waals surface area contributed by atoms with Crippen molar-refractivity contribution in [2.24, 2.45) is 5.41 Å². The van der Waals surface area contributed by atoms with E-state index in [0.717, 1.165) is 11.2 Å². The molecule has 0 bridgehead atoms. The molecule has 0 radical (unpaired) electrons. The highest BCUT2D eigenvalue weighted by Gasteiger charge is 2.26. The Hall–Kier alpha value is -2.36. The minimum atomic E-state index is -3.62. The van der Waals surface area contributed by atoms with Crippen LogP contribution in [0.3, 0.4) is 0 Å². The molecule has 0 aliphatic rings. The summed E-state index contributed by atoms with van der Waals surface area (Å²) in [5, 5.41) is 0.601. The van der Waals surface area contributed by atoms with Crippen LogP contribution in [0.25, 0.3) is 16.7 Å². The van der Waals surface area contributed by atoms with Crippen LogP contribution in [-0.2, 0) is 14.8 Å². The number of ether oxygens (including phenoxy) is 1. The van der Waals surface area contributed by atoms with E-state index in [1.165, 1.54) is 16.1 Å². The number of fused-ring (bicyclic) bond motifs is 1. The third kappa shape index (κ3) is 5.10. The summed E-state index contributed by atoms with van der Waals surface area (Å²) < 4.78 is 35.0. The summed E-state index contributed by atoms with van der Waals surface area (Å²) in [6.45, 7) is 10.1. The summed E-state index contributed by atoms with van der Waals surface area (Å²) >= 11 is 1.34. The van der Waals surface area contributed by atoms with Crippen LogP contribution in [0.15, 0.2) is 52.5 Å². The van der Waals surface area contributed by atoms with E-state index in [2.05, 4.69) is 0 Å². The molecule has 3 rings (SSSR count). The molecule has 33 heavy (non-hydrogen) atoms. The zero-order valence-electron chi connectivity index (χ0n) is 20.0. The summed E-state index contributed by atoms with van der Waals surface area (Å²) in [6.07, 6.45) is 0. The fraction of sp³-hybridized carbons (Fsp3) is 0.417. The quantitative estimate of drug-likeness (QED) is 0.403. The van der Waals surface area contributed by atoms with Crippen molar-refractivity contribution in [3.63, 3.8) is 0 Å². The number of nitrogens with zero attached hydrogens (tertiary/aromatic N) is 3. The van der Waals surface area contributed by atoms with Crippen molar-refractivity contribution in [1.29, 1.82) is 0 Å². The second-order valence-electron chi connectivity index (χ2n) is 8.60. The third-order valence-corrected chi connectivity index (χ3v) is 8.42. The number of carbonyl (C=O) groups is 1. The maximum absolute atomic E-state index is 13.0. The molecule has 0 saturated heterocycles. The van der Waals surface area contributed by atoms with Crippen molar-refractivity contribution in [1.82, 2.24) is 13.9 Å². The number of hydrogen-bond acceptors (Lipinski definition) is 6. The number of ketones is 1. The Labute approximate surface area is 200 Å². The van der Waals surface area contributed by atoms with Gasteiger partial charge < -0.3 is 4.74 Å². The number of hydrogen-bond donors (Lipinski definition) is 0. The van der Waals surface area contributed by atoms with Crippen LogP contribution >= 0.6 is 11.8 Å². The maximum Gasteiger partial charge on any atom is 0.243 e. The molecule has 178 valence electrons. The van der Waals surface area contributed by atoms with E-state index in [1.807, 2.05) is 63.5 Å². The minimum absolute atomic E-state index is 0.107. The summed E-state index contributed by atoms with van der Waals surface area (Å²) in [5.41, 5.74) is 1.59. The summed E-state index contributed by atoms with van der Waals surface area (Å²) in [5.74, 6) is 1.02. The number of thioether (sulfide) groups is 1. The van der Waals surface area contributed by atoms with Crippen molar-refractivity contribution in [2.75, 3.05) is 26.0 Å². The number of aromatic nitrogens is 2. The first-order valence-electron chi connectivity index (χ1n) is 10.9. The van der Waals surface area contributed by atoms with Gasteiger partial charge in [-0.2, -0.15) is 4.31 Å². The Kier molecular flexibility index (Phi) is 7.55. The van der Waals surface area contributed by atoms with Gasteiger partial charge in [0.1, 0.15) is 11.5 Å². The fourth-order valence-corrected chi connectivity index (χ4v) is 6.06.